The van der Waals surface area contributed by atoms with E-state index in [2.05, 4.69) is 15.3 Å². The van der Waals surface area contributed by atoms with Crippen LogP contribution >= 0.6 is 11.3 Å². The summed E-state index contributed by atoms with van der Waals surface area (Å²) in [5.74, 6) is 0.602. The van der Waals surface area contributed by atoms with Gasteiger partial charge in [-0.2, -0.15) is 0 Å². The van der Waals surface area contributed by atoms with Crippen LogP contribution in [-0.2, 0) is 6.54 Å². The summed E-state index contributed by atoms with van der Waals surface area (Å²) >= 11 is 1.59. The van der Waals surface area contributed by atoms with Crippen molar-refractivity contribution in [3.05, 3.63) is 59.6 Å². The summed E-state index contributed by atoms with van der Waals surface area (Å²) in [6.07, 6.45) is 3.34. The van der Waals surface area contributed by atoms with Crippen LogP contribution in [0.4, 0.5) is 0 Å². The molecule has 3 aromatic rings. The van der Waals surface area contributed by atoms with Gasteiger partial charge in [0.25, 0.3) is 0 Å². The second kappa shape index (κ2) is 7.50. The third kappa shape index (κ3) is 4.25. The molecule has 0 spiro atoms. The maximum absolute atomic E-state index is 10.1. The summed E-state index contributed by atoms with van der Waals surface area (Å²) in [7, 11) is 0. The highest BCUT2D eigenvalue weighted by Crippen LogP contribution is 2.22. The van der Waals surface area contributed by atoms with Crippen LogP contribution in [0.5, 0.6) is 0 Å². The van der Waals surface area contributed by atoms with Crippen molar-refractivity contribution in [1.82, 2.24) is 15.3 Å². The maximum atomic E-state index is 10.1. The lowest BCUT2D eigenvalue weighted by Gasteiger charge is -2.16. The molecule has 0 aliphatic rings. The Balaban J connectivity index is 1.51. The number of aliphatic hydroxyl groups is 1. The molecule has 0 aliphatic carbocycles. The maximum Gasteiger partial charge on any atom is 0.142 e. The number of pyridine rings is 1. The van der Waals surface area contributed by atoms with Crippen LogP contribution in [0, 0.1) is 0 Å². The molecule has 2 unspecified atom stereocenters. The van der Waals surface area contributed by atoms with E-state index in [0.717, 1.165) is 16.4 Å². The summed E-state index contributed by atoms with van der Waals surface area (Å²) in [4.78, 5) is 8.90. The van der Waals surface area contributed by atoms with Crippen molar-refractivity contribution < 1.29 is 9.52 Å². The van der Waals surface area contributed by atoms with Crippen LogP contribution in [-0.4, -0.2) is 21.1 Å². The summed E-state index contributed by atoms with van der Waals surface area (Å²) < 4.78 is 5.22. The van der Waals surface area contributed by atoms with Gasteiger partial charge in [-0.15, -0.1) is 11.3 Å². The van der Waals surface area contributed by atoms with Gasteiger partial charge in [-0.25, -0.2) is 4.98 Å². The Bertz CT molecular complexity index is 713. The highest BCUT2D eigenvalue weighted by Gasteiger charge is 2.15. The number of nitrogens with zero attached hydrogens (tertiary/aromatic N) is 2. The second-order valence-electron chi connectivity index (χ2n) is 5.41. The molecule has 0 aliphatic heterocycles. The lowest BCUT2D eigenvalue weighted by molar-refractivity contribution is 0.128. The van der Waals surface area contributed by atoms with Gasteiger partial charge in [-0.3, -0.25) is 4.98 Å². The number of hydrogen-bond acceptors (Lipinski definition) is 6. The number of furan rings is 1. The van der Waals surface area contributed by atoms with Crippen molar-refractivity contribution in [3.63, 3.8) is 0 Å². The van der Waals surface area contributed by atoms with Crippen LogP contribution in [0.1, 0.15) is 30.9 Å². The number of hydrogen-bond donors (Lipinski definition) is 2. The van der Waals surface area contributed by atoms with Gasteiger partial charge in [0.15, 0.2) is 0 Å². The molecular weight excluding hydrogens is 310 g/mol. The predicted octanol–water partition coefficient (Wildman–Crippen LogP) is 3.40. The Kier molecular flexibility index (Phi) is 5.17. The van der Waals surface area contributed by atoms with Crippen LogP contribution in [0.25, 0.3) is 10.7 Å². The average molecular weight is 329 g/mol. The number of aliphatic hydroxyl groups excluding tert-OH is 1. The average Bonchev–Trinajstić information content (AvgIpc) is 3.25. The quantitative estimate of drug-likeness (QED) is 0.695. The predicted molar refractivity (Wildman–Crippen MR) is 89.9 cm³/mol. The van der Waals surface area contributed by atoms with Crippen molar-refractivity contribution in [1.29, 1.82) is 0 Å². The molecule has 2 N–H and O–H groups in total. The van der Waals surface area contributed by atoms with Crippen molar-refractivity contribution >= 4 is 11.3 Å². The topological polar surface area (TPSA) is 71.2 Å². The molecule has 2 atom stereocenters. The first-order valence-electron chi connectivity index (χ1n) is 7.53. The number of rotatable bonds is 7. The summed E-state index contributed by atoms with van der Waals surface area (Å²) in [6.45, 7) is 2.70. The molecule has 0 fully saturated rings. The fraction of sp³-hybridized carbons (Fsp3) is 0.294. The van der Waals surface area contributed by atoms with Gasteiger partial charge in [0.1, 0.15) is 16.9 Å². The number of nitrogens with one attached hydrogen (secondary N) is 1. The van der Waals surface area contributed by atoms with E-state index >= 15 is 0 Å². The van der Waals surface area contributed by atoms with Gasteiger partial charge in [-0.1, -0.05) is 6.07 Å². The van der Waals surface area contributed by atoms with Gasteiger partial charge in [0.05, 0.1) is 17.7 Å². The molecule has 0 saturated heterocycles. The van der Waals surface area contributed by atoms with Gasteiger partial charge in [0.2, 0.25) is 0 Å². The molecule has 3 aromatic heterocycles. The number of thiazole rings is 1. The molecule has 120 valence electrons. The highest BCUT2D eigenvalue weighted by atomic mass is 32.1. The first-order valence-corrected chi connectivity index (χ1v) is 8.41. The van der Waals surface area contributed by atoms with E-state index in [1.807, 2.05) is 30.5 Å². The zero-order valence-electron chi connectivity index (χ0n) is 12.8. The Morgan fingerprint density at radius 2 is 2.22 bits per heavy atom. The van der Waals surface area contributed by atoms with E-state index in [4.69, 9.17) is 4.42 Å². The second-order valence-corrected chi connectivity index (χ2v) is 6.27. The Morgan fingerprint density at radius 1 is 1.30 bits per heavy atom. The van der Waals surface area contributed by atoms with E-state index in [1.54, 1.807) is 35.9 Å². The largest absolute Gasteiger partial charge is 0.467 e. The van der Waals surface area contributed by atoms with Crippen molar-refractivity contribution in [3.8, 4) is 10.7 Å². The minimum atomic E-state index is -0.591. The van der Waals surface area contributed by atoms with Gasteiger partial charge < -0.3 is 14.8 Å². The van der Waals surface area contributed by atoms with Crippen molar-refractivity contribution in [2.45, 2.75) is 32.0 Å². The normalized spacial score (nSPS) is 13.8. The van der Waals surface area contributed by atoms with Crippen LogP contribution in [0.15, 0.2) is 52.6 Å². The first-order chi connectivity index (χ1) is 11.2. The Morgan fingerprint density at radius 3 is 2.96 bits per heavy atom. The third-order valence-electron chi connectivity index (χ3n) is 3.52. The molecule has 23 heavy (non-hydrogen) atoms. The molecule has 0 amide bonds. The van der Waals surface area contributed by atoms with Crippen LogP contribution < -0.4 is 5.32 Å². The van der Waals surface area contributed by atoms with E-state index in [0.29, 0.717) is 18.7 Å². The Labute approximate surface area is 139 Å². The first kappa shape index (κ1) is 15.9. The van der Waals surface area contributed by atoms with Crippen LogP contribution in [0.3, 0.4) is 0 Å². The van der Waals surface area contributed by atoms with Crippen LogP contribution in [0.2, 0.25) is 0 Å². The molecule has 6 heteroatoms. The molecule has 0 radical (unpaired) electrons. The SMILES string of the molecule is CC(CC(O)c1ccco1)NCc1csc(-c2ccccn2)n1. The molecule has 0 saturated carbocycles. The highest BCUT2D eigenvalue weighted by molar-refractivity contribution is 7.13. The molecule has 3 heterocycles. The minimum Gasteiger partial charge on any atom is -0.467 e. The lowest BCUT2D eigenvalue weighted by Crippen LogP contribution is -2.27. The van der Waals surface area contributed by atoms with E-state index < -0.39 is 6.10 Å². The van der Waals surface area contributed by atoms with Crippen molar-refractivity contribution in [2.75, 3.05) is 0 Å². The zero-order chi connectivity index (χ0) is 16.1. The molecular formula is C17H19N3O2S. The van der Waals surface area contributed by atoms with Gasteiger partial charge in [-0.05, 0) is 37.6 Å². The lowest BCUT2D eigenvalue weighted by atomic mass is 10.1. The third-order valence-corrected chi connectivity index (χ3v) is 4.43. The van der Waals surface area contributed by atoms with Gasteiger partial charge in [0, 0.05) is 24.2 Å². The van der Waals surface area contributed by atoms with E-state index in [9.17, 15) is 5.11 Å². The molecule has 0 aromatic carbocycles. The minimum absolute atomic E-state index is 0.148. The summed E-state index contributed by atoms with van der Waals surface area (Å²) in [5.41, 5.74) is 1.88. The van der Waals surface area contributed by atoms with E-state index in [-0.39, 0.29) is 6.04 Å². The molecule has 3 rings (SSSR count). The summed E-state index contributed by atoms with van der Waals surface area (Å²) in [5, 5.41) is 16.4. The standard InChI is InChI=1S/C17H19N3O2S/c1-12(9-15(21)16-6-4-8-22-16)19-10-13-11-23-17(20-13)14-5-2-3-7-18-14/h2-8,11-12,15,19,21H,9-10H2,1H3. The Hall–Kier alpha value is -2.02. The smallest absolute Gasteiger partial charge is 0.142 e. The molecule has 0 bridgehead atoms. The zero-order valence-corrected chi connectivity index (χ0v) is 13.7. The monoisotopic (exact) mass is 329 g/mol. The van der Waals surface area contributed by atoms with Crippen molar-refractivity contribution in [2.24, 2.45) is 0 Å². The fourth-order valence-electron chi connectivity index (χ4n) is 2.29. The van der Waals surface area contributed by atoms with Gasteiger partial charge >= 0.3 is 0 Å². The van der Waals surface area contributed by atoms with E-state index in [1.165, 1.54) is 0 Å². The fourth-order valence-corrected chi connectivity index (χ4v) is 3.08. The molecule has 5 nitrogen and oxygen atoms in total. The summed E-state index contributed by atoms with van der Waals surface area (Å²) in [6, 6.07) is 9.53. The number of aromatic nitrogens is 2.